The third-order valence-corrected chi connectivity index (χ3v) is 6.46. The van der Waals surface area contributed by atoms with Crippen LogP contribution in [0, 0.1) is 5.82 Å². The Morgan fingerprint density at radius 1 is 1.11 bits per heavy atom. The van der Waals surface area contributed by atoms with Crippen LogP contribution >= 0.6 is 0 Å². The van der Waals surface area contributed by atoms with Crippen LogP contribution in [0.3, 0.4) is 0 Å². The molecule has 0 spiro atoms. The summed E-state index contributed by atoms with van der Waals surface area (Å²) in [6, 6.07) is 8.49. The van der Waals surface area contributed by atoms with Crippen molar-refractivity contribution in [3.63, 3.8) is 0 Å². The molecular weight excluding hydrogens is 371 g/mol. The summed E-state index contributed by atoms with van der Waals surface area (Å²) in [5.41, 5.74) is 0.930. The summed E-state index contributed by atoms with van der Waals surface area (Å²) in [5, 5.41) is 2.89. The highest BCUT2D eigenvalue weighted by molar-refractivity contribution is 7.89. The van der Waals surface area contributed by atoms with Crippen molar-refractivity contribution in [2.75, 3.05) is 26.2 Å². The summed E-state index contributed by atoms with van der Waals surface area (Å²) < 4.78 is 40.3. The first-order valence-corrected chi connectivity index (χ1v) is 10.0. The van der Waals surface area contributed by atoms with E-state index in [-0.39, 0.29) is 43.1 Å². The maximum absolute atomic E-state index is 13.9. The Hall–Kier alpha value is -2.52. The SMILES string of the molecule is CC(NC(=O)N1CCN(S(=O)(=O)c2ccccc2F)CC1)c1ccncc1. The third kappa shape index (κ3) is 4.25. The van der Waals surface area contributed by atoms with E-state index in [0.717, 1.165) is 11.6 Å². The van der Waals surface area contributed by atoms with E-state index in [4.69, 9.17) is 0 Å². The van der Waals surface area contributed by atoms with Crippen LogP contribution in [0.5, 0.6) is 0 Å². The number of sulfonamides is 1. The maximum atomic E-state index is 13.9. The van der Waals surface area contributed by atoms with Crippen LogP contribution < -0.4 is 5.32 Å². The number of benzene rings is 1. The molecule has 1 atom stereocenters. The second-order valence-corrected chi connectivity index (χ2v) is 8.18. The van der Waals surface area contributed by atoms with Gasteiger partial charge < -0.3 is 10.2 Å². The highest BCUT2D eigenvalue weighted by Crippen LogP contribution is 2.20. The van der Waals surface area contributed by atoms with Gasteiger partial charge in [0.15, 0.2) is 0 Å². The van der Waals surface area contributed by atoms with E-state index in [1.165, 1.54) is 22.5 Å². The zero-order valence-corrected chi connectivity index (χ0v) is 15.7. The van der Waals surface area contributed by atoms with Gasteiger partial charge in [-0.25, -0.2) is 17.6 Å². The molecule has 2 heterocycles. The van der Waals surface area contributed by atoms with Gasteiger partial charge in [0.2, 0.25) is 10.0 Å². The Balaban J connectivity index is 1.60. The number of urea groups is 1. The Morgan fingerprint density at radius 2 is 1.74 bits per heavy atom. The van der Waals surface area contributed by atoms with Crippen LogP contribution in [-0.4, -0.2) is 54.8 Å². The Kier molecular flexibility index (Phi) is 5.71. The zero-order chi connectivity index (χ0) is 19.4. The van der Waals surface area contributed by atoms with Crippen LogP contribution in [-0.2, 0) is 10.0 Å². The lowest BCUT2D eigenvalue weighted by atomic mass is 10.1. The average molecular weight is 392 g/mol. The quantitative estimate of drug-likeness (QED) is 0.863. The average Bonchev–Trinajstić information content (AvgIpc) is 2.69. The minimum Gasteiger partial charge on any atom is -0.331 e. The van der Waals surface area contributed by atoms with Crippen molar-refractivity contribution < 1.29 is 17.6 Å². The summed E-state index contributed by atoms with van der Waals surface area (Å²) >= 11 is 0. The van der Waals surface area contributed by atoms with Gasteiger partial charge in [-0.05, 0) is 36.8 Å². The summed E-state index contributed by atoms with van der Waals surface area (Å²) in [7, 11) is -3.91. The van der Waals surface area contributed by atoms with Gasteiger partial charge >= 0.3 is 6.03 Å². The highest BCUT2D eigenvalue weighted by atomic mass is 32.2. The predicted octanol–water partition coefficient (Wildman–Crippen LogP) is 2.00. The topological polar surface area (TPSA) is 82.6 Å². The van der Waals surface area contributed by atoms with Crippen LogP contribution in [0.1, 0.15) is 18.5 Å². The lowest BCUT2D eigenvalue weighted by molar-refractivity contribution is 0.169. The molecule has 7 nitrogen and oxygen atoms in total. The van der Waals surface area contributed by atoms with E-state index in [1.54, 1.807) is 17.3 Å². The Bertz CT molecular complexity index is 900. The molecule has 1 saturated heterocycles. The first-order chi connectivity index (χ1) is 12.9. The fraction of sp³-hybridized carbons (Fsp3) is 0.333. The monoisotopic (exact) mass is 392 g/mol. The molecule has 1 unspecified atom stereocenters. The molecule has 27 heavy (non-hydrogen) atoms. The summed E-state index contributed by atoms with van der Waals surface area (Å²) in [6.45, 7) is 2.58. The van der Waals surface area contributed by atoms with Gasteiger partial charge in [0.1, 0.15) is 10.7 Å². The standard InChI is InChI=1S/C18H21FN4O3S/c1-14(15-6-8-20-9-7-15)21-18(24)22-10-12-23(13-11-22)27(25,26)17-5-3-2-4-16(17)19/h2-9,14H,10-13H2,1H3,(H,21,24). The number of carbonyl (C=O) groups excluding carboxylic acids is 1. The van der Waals surface area contributed by atoms with E-state index in [1.807, 2.05) is 19.1 Å². The molecule has 2 aromatic rings. The number of hydrogen-bond acceptors (Lipinski definition) is 4. The van der Waals surface area contributed by atoms with Gasteiger partial charge in [-0.3, -0.25) is 4.98 Å². The van der Waals surface area contributed by atoms with Gasteiger partial charge in [0.05, 0.1) is 6.04 Å². The predicted molar refractivity (Wildman–Crippen MR) is 97.9 cm³/mol. The van der Waals surface area contributed by atoms with Crippen LogP contribution in [0.4, 0.5) is 9.18 Å². The van der Waals surface area contributed by atoms with Crippen LogP contribution in [0.2, 0.25) is 0 Å². The summed E-state index contributed by atoms with van der Waals surface area (Å²) in [4.78, 5) is 17.6. The van der Waals surface area contributed by atoms with Crippen molar-refractivity contribution >= 4 is 16.1 Å². The van der Waals surface area contributed by atoms with Crippen molar-refractivity contribution in [3.8, 4) is 0 Å². The molecule has 1 aromatic carbocycles. The minimum absolute atomic E-state index is 0.119. The molecule has 0 saturated carbocycles. The molecule has 1 aromatic heterocycles. The largest absolute Gasteiger partial charge is 0.331 e. The number of rotatable bonds is 4. The third-order valence-electron chi connectivity index (χ3n) is 4.53. The van der Waals surface area contributed by atoms with Crippen molar-refractivity contribution in [1.29, 1.82) is 0 Å². The second kappa shape index (κ2) is 8.01. The van der Waals surface area contributed by atoms with E-state index in [2.05, 4.69) is 10.3 Å². The molecule has 0 bridgehead atoms. The van der Waals surface area contributed by atoms with Crippen molar-refractivity contribution in [2.45, 2.75) is 17.9 Å². The number of aromatic nitrogens is 1. The number of carbonyl (C=O) groups is 1. The van der Waals surface area contributed by atoms with Crippen molar-refractivity contribution in [1.82, 2.24) is 19.5 Å². The Morgan fingerprint density at radius 3 is 2.37 bits per heavy atom. The number of nitrogens with one attached hydrogen (secondary N) is 1. The molecule has 1 aliphatic rings. The molecule has 0 aliphatic carbocycles. The molecular formula is C18H21FN4O3S. The van der Waals surface area contributed by atoms with E-state index >= 15 is 0 Å². The Labute approximate surface area is 157 Å². The molecule has 3 rings (SSSR count). The van der Waals surface area contributed by atoms with Gasteiger partial charge in [0, 0.05) is 38.6 Å². The molecule has 0 radical (unpaired) electrons. The highest BCUT2D eigenvalue weighted by Gasteiger charge is 2.32. The molecule has 2 amide bonds. The molecule has 1 fully saturated rings. The van der Waals surface area contributed by atoms with E-state index < -0.39 is 15.8 Å². The van der Waals surface area contributed by atoms with Gasteiger partial charge in [-0.1, -0.05) is 12.1 Å². The van der Waals surface area contributed by atoms with Crippen LogP contribution in [0.25, 0.3) is 0 Å². The number of amides is 2. The minimum atomic E-state index is -3.91. The number of piperazine rings is 1. The molecule has 1 aliphatic heterocycles. The number of pyridine rings is 1. The fourth-order valence-corrected chi connectivity index (χ4v) is 4.42. The molecule has 1 N–H and O–H groups in total. The van der Waals surface area contributed by atoms with Crippen molar-refractivity contribution in [2.24, 2.45) is 0 Å². The lowest BCUT2D eigenvalue weighted by Crippen LogP contribution is -2.53. The first kappa shape index (κ1) is 19.2. The summed E-state index contributed by atoms with van der Waals surface area (Å²) in [5.74, 6) is -0.774. The molecule has 9 heteroatoms. The van der Waals surface area contributed by atoms with Crippen LogP contribution in [0.15, 0.2) is 53.7 Å². The number of hydrogen-bond donors (Lipinski definition) is 1. The normalized spacial score (nSPS) is 16.7. The van der Waals surface area contributed by atoms with Crippen molar-refractivity contribution in [3.05, 3.63) is 60.2 Å². The lowest BCUT2D eigenvalue weighted by Gasteiger charge is -2.34. The van der Waals surface area contributed by atoms with E-state index in [9.17, 15) is 17.6 Å². The second-order valence-electron chi connectivity index (χ2n) is 6.27. The number of halogens is 1. The number of nitrogens with zero attached hydrogens (tertiary/aromatic N) is 3. The smallest absolute Gasteiger partial charge is 0.317 e. The van der Waals surface area contributed by atoms with Gasteiger partial charge in [0.25, 0.3) is 0 Å². The molecule has 144 valence electrons. The maximum Gasteiger partial charge on any atom is 0.317 e. The zero-order valence-electron chi connectivity index (χ0n) is 14.9. The van der Waals surface area contributed by atoms with Gasteiger partial charge in [-0.15, -0.1) is 0 Å². The van der Waals surface area contributed by atoms with Gasteiger partial charge in [-0.2, -0.15) is 4.31 Å². The fourth-order valence-electron chi connectivity index (χ4n) is 2.94. The summed E-state index contributed by atoms with van der Waals surface area (Å²) in [6.07, 6.45) is 3.31. The van der Waals surface area contributed by atoms with E-state index in [0.29, 0.717) is 0 Å². The first-order valence-electron chi connectivity index (χ1n) is 8.59.